The second-order valence-corrected chi connectivity index (χ2v) is 9.29. The quantitative estimate of drug-likeness (QED) is 0.783. The van der Waals surface area contributed by atoms with Gasteiger partial charge in [0, 0.05) is 25.3 Å². The van der Waals surface area contributed by atoms with Crippen LogP contribution in [0.15, 0.2) is 47.4 Å². The predicted molar refractivity (Wildman–Crippen MR) is 106 cm³/mol. The summed E-state index contributed by atoms with van der Waals surface area (Å²) in [5.41, 5.74) is 2.10. The lowest BCUT2D eigenvalue weighted by Crippen LogP contribution is -2.35. The van der Waals surface area contributed by atoms with Crippen molar-refractivity contribution in [1.82, 2.24) is 4.31 Å². The number of nitrogens with zero attached hydrogens (tertiary/aromatic N) is 2. The van der Waals surface area contributed by atoms with Crippen LogP contribution in [-0.2, 0) is 16.4 Å². The maximum absolute atomic E-state index is 12.9. The molecule has 0 bridgehead atoms. The fraction of sp³-hybridized carbons (Fsp3) is 0.350. The van der Waals surface area contributed by atoms with Crippen molar-refractivity contribution >= 4 is 33.2 Å². The summed E-state index contributed by atoms with van der Waals surface area (Å²) in [7, 11) is -3.47. The van der Waals surface area contributed by atoms with Crippen molar-refractivity contribution < 1.29 is 13.2 Å². The lowest BCUT2D eigenvalue weighted by molar-refractivity contribution is 0.0989. The molecule has 2 aliphatic heterocycles. The van der Waals surface area contributed by atoms with Crippen molar-refractivity contribution in [3.05, 3.63) is 58.6 Å². The lowest BCUT2D eigenvalue weighted by atomic mass is 10.1. The van der Waals surface area contributed by atoms with Gasteiger partial charge in [0.25, 0.3) is 5.91 Å². The Hall–Kier alpha value is -1.89. The average Bonchev–Trinajstić information content (AvgIpc) is 3.12. The van der Waals surface area contributed by atoms with Crippen molar-refractivity contribution in [3.8, 4) is 0 Å². The second-order valence-electron chi connectivity index (χ2n) is 6.94. The van der Waals surface area contributed by atoms with Crippen molar-refractivity contribution in [3.63, 3.8) is 0 Å². The van der Waals surface area contributed by atoms with Crippen molar-refractivity contribution in [2.45, 2.75) is 30.6 Å². The summed E-state index contributed by atoms with van der Waals surface area (Å²) in [5, 5.41) is 0.417. The summed E-state index contributed by atoms with van der Waals surface area (Å²) in [4.78, 5) is 14.9. The molecule has 2 aliphatic rings. The van der Waals surface area contributed by atoms with Gasteiger partial charge in [-0.3, -0.25) is 4.79 Å². The van der Waals surface area contributed by atoms with Crippen LogP contribution in [0.4, 0.5) is 5.69 Å². The molecule has 1 amide bonds. The van der Waals surface area contributed by atoms with Crippen LogP contribution in [-0.4, -0.2) is 38.3 Å². The highest BCUT2D eigenvalue weighted by Gasteiger charge is 2.30. The first kappa shape index (κ1) is 18.5. The molecule has 7 heteroatoms. The zero-order valence-electron chi connectivity index (χ0n) is 14.9. The van der Waals surface area contributed by atoms with Gasteiger partial charge in [0.15, 0.2) is 0 Å². The highest BCUT2D eigenvalue weighted by molar-refractivity contribution is 7.89. The molecule has 4 rings (SSSR count). The number of amides is 1. The molecule has 142 valence electrons. The first-order chi connectivity index (χ1) is 13.0. The number of hydrogen-bond acceptors (Lipinski definition) is 3. The standard InChI is InChI=1S/C20H21ClN2O3S/c21-18-7-3-2-6-17(18)20(24)23-13-10-15-14-16(8-9-19(15)23)27(25,26)22-11-4-1-5-12-22/h2-3,6-9,14H,1,4-5,10-13H2. The normalized spacial score (nSPS) is 17.7. The van der Waals surface area contributed by atoms with Crippen LogP contribution in [0.2, 0.25) is 5.02 Å². The van der Waals surface area contributed by atoms with Gasteiger partial charge in [-0.2, -0.15) is 4.31 Å². The number of carbonyl (C=O) groups is 1. The highest BCUT2D eigenvalue weighted by Crippen LogP contribution is 2.33. The van der Waals surface area contributed by atoms with Crippen molar-refractivity contribution in [2.24, 2.45) is 0 Å². The molecule has 0 unspecified atom stereocenters. The second kappa shape index (κ2) is 7.26. The van der Waals surface area contributed by atoms with Crippen LogP contribution in [0, 0.1) is 0 Å². The third-order valence-electron chi connectivity index (χ3n) is 5.25. The van der Waals surface area contributed by atoms with Crippen LogP contribution < -0.4 is 4.90 Å². The van der Waals surface area contributed by atoms with E-state index in [4.69, 9.17) is 11.6 Å². The lowest BCUT2D eigenvalue weighted by Gasteiger charge is -2.26. The van der Waals surface area contributed by atoms with E-state index in [0.29, 0.717) is 41.5 Å². The minimum Gasteiger partial charge on any atom is -0.308 e. The Morgan fingerprint density at radius 2 is 1.70 bits per heavy atom. The molecule has 0 N–H and O–H groups in total. The summed E-state index contributed by atoms with van der Waals surface area (Å²) in [6.07, 6.45) is 3.53. The Morgan fingerprint density at radius 3 is 2.44 bits per heavy atom. The highest BCUT2D eigenvalue weighted by atomic mass is 35.5. The summed E-state index contributed by atoms with van der Waals surface area (Å²) < 4.78 is 27.4. The zero-order valence-corrected chi connectivity index (χ0v) is 16.5. The fourth-order valence-corrected chi connectivity index (χ4v) is 5.57. The number of hydrogen-bond donors (Lipinski definition) is 0. The van der Waals surface area contributed by atoms with E-state index in [2.05, 4.69) is 0 Å². The maximum atomic E-state index is 12.9. The average molecular weight is 405 g/mol. The Bertz CT molecular complexity index is 984. The van der Waals surface area contributed by atoms with E-state index >= 15 is 0 Å². The first-order valence-electron chi connectivity index (χ1n) is 9.18. The number of fused-ring (bicyclic) bond motifs is 1. The number of rotatable bonds is 3. The van der Waals surface area contributed by atoms with Gasteiger partial charge >= 0.3 is 0 Å². The van der Waals surface area contributed by atoms with Crippen LogP contribution in [0.5, 0.6) is 0 Å². The Kier molecular flexibility index (Phi) is 4.97. The molecular weight excluding hydrogens is 384 g/mol. The number of carbonyl (C=O) groups excluding carboxylic acids is 1. The van der Waals surface area contributed by atoms with Gasteiger partial charge in [-0.1, -0.05) is 30.2 Å². The van der Waals surface area contributed by atoms with Crippen LogP contribution in [0.1, 0.15) is 35.2 Å². The molecule has 0 aliphatic carbocycles. The number of piperidine rings is 1. The van der Waals surface area contributed by atoms with E-state index < -0.39 is 10.0 Å². The van der Waals surface area contributed by atoms with Gasteiger partial charge in [-0.05, 0) is 55.2 Å². The summed E-state index contributed by atoms with van der Waals surface area (Å²) in [6.45, 7) is 1.68. The van der Waals surface area contributed by atoms with Crippen molar-refractivity contribution in [1.29, 1.82) is 0 Å². The number of anilines is 1. The number of halogens is 1. The van der Waals surface area contributed by atoms with E-state index in [9.17, 15) is 13.2 Å². The summed E-state index contributed by atoms with van der Waals surface area (Å²) >= 11 is 6.16. The third kappa shape index (κ3) is 3.37. The van der Waals surface area contributed by atoms with Gasteiger partial charge in [0.2, 0.25) is 10.0 Å². The molecule has 1 fully saturated rings. The smallest absolute Gasteiger partial charge is 0.259 e. The molecule has 1 saturated heterocycles. The molecule has 2 heterocycles. The van der Waals surface area contributed by atoms with E-state index in [1.54, 1.807) is 51.7 Å². The van der Waals surface area contributed by atoms with Gasteiger partial charge in [-0.15, -0.1) is 0 Å². The van der Waals surface area contributed by atoms with Gasteiger partial charge < -0.3 is 4.90 Å². The van der Waals surface area contributed by atoms with Gasteiger partial charge in [0.1, 0.15) is 0 Å². The minimum atomic E-state index is -3.47. The van der Waals surface area contributed by atoms with Crippen LogP contribution in [0.25, 0.3) is 0 Å². The zero-order chi connectivity index (χ0) is 19.0. The number of benzene rings is 2. The fourth-order valence-electron chi connectivity index (χ4n) is 3.78. The van der Waals surface area contributed by atoms with Gasteiger partial charge in [0.05, 0.1) is 15.5 Å². The molecule has 0 spiro atoms. The topological polar surface area (TPSA) is 57.7 Å². The van der Waals surface area contributed by atoms with E-state index in [1.165, 1.54) is 0 Å². The molecule has 0 radical (unpaired) electrons. The SMILES string of the molecule is O=C(c1ccccc1Cl)N1CCc2cc(S(=O)(=O)N3CCCCC3)ccc21. The maximum Gasteiger partial charge on any atom is 0.259 e. The van der Waals surface area contributed by atoms with E-state index in [0.717, 1.165) is 30.5 Å². The minimum absolute atomic E-state index is 0.161. The van der Waals surface area contributed by atoms with E-state index in [1.807, 2.05) is 0 Å². The molecule has 5 nitrogen and oxygen atoms in total. The molecular formula is C20H21ClN2O3S. The monoisotopic (exact) mass is 404 g/mol. The third-order valence-corrected chi connectivity index (χ3v) is 7.47. The molecule has 2 aromatic carbocycles. The molecule has 0 saturated carbocycles. The van der Waals surface area contributed by atoms with Gasteiger partial charge in [-0.25, -0.2) is 8.42 Å². The predicted octanol–water partition coefficient (Wildman–Crippen LogP) is 3.72. The Balaban J connectivity index is 1.63. The molecule has 0 atom stereocenters. The first-order valence-corrected chi connectivity index (χ1v) is 11.0. The largest absolute Gasteiger partial charge is 0.308 e. The molecule has 27 heavy (non-hydrogen) atoms. The summed E-state index contributed by atoms with van der Waals surface area (Å²) in [5.74, 6) is -0.161. The van der Waals surface area contributed by atoms with Crippen molar-refractivity contribution in [2.75, 3.05) is 24.5 Å². The number of sulfonamides is 1. The van der Waals surface area contributed by atoms with Crippen LogP contribution in [0.3, 0.4) is 0 Å². The molecule has 0 aromatic heterocycles. The summed E-state index contributed by atoms with van der Waals surface area (Å²) in [6, 6.07) is 12.0. The van der Waals surface area contributed by atoms with Crippen LogP contribution >= 0.6 is 11.6 Å². The molecule has 2 aromatic rings. The van der Waals surface area contributed by atoms with E-state index in [-0.39, 0.29) is 5.91 Å². The Labute approximate surface area is 164 Å². The Morgan fingerprint density at radius 1 is 0.963 bits per heavy atom.